The van der Waals surface area contributed by atoms with Crippen molar-refractivity contribution in [2.45, 2.75) is 92.7 Å². The quantitative estimate of drug-likeness (QED) is 0.445. The highest BCUT2D eigenvalue weighted by molar-refractivity contribution is 5.00. The van der Waals surface area contributed by atoms with E-state index in [1.54, 1.807) is 6.92 Å². The van der Waals surface area contributed by atoms with Crippen LogP contribution in [0.3, 0.4) is 0 Å². The summed E-state index contributed by atoms with van der Waals surface area (Å²) in [6.45, 7) is 13.6. The molecule has 0 bridgehead atoms. The van der Waals surface area contributed by atoms with E-state index in [1.165, 1.54) is 32.1 Å². The predicted octanol–water partition coefficient (Wildman–Crippen LogP) is 6.64. The van der Waals surface area contributed by atoms with E-state index in [2.05, 4.69) is 34.6 Å². The van der Waals surface area contributed by atoms with Crippen molar-refractivity contribution in [3.63, 3.8) is 0 Å². The lowest BCUT2D eigenvalue weighted by Gasteiger charge is -2.57. The second-order valence-electron chi connectivity index (χ2n) is 7.68. The molecule has 1 heteroatoms. The first-order chi connectivity index (χ1) is 9.38. The fourth-order valence-electron chi connectivity index (χ4n) is 4.92. The largest absolute Gasteiger partial charge is 0.248 e. The Morgan fingerprint density at radius 2 is 1.75 bits per heavy atom. The highest BCUT2D eigenvalue weighted by Gasteiger charge is 2.51. The van der Waals surface area contributed by atoms with Gasteiger partial charge in [0.2, 0.25) is 0 Å². The van der Waals surface area contributed by atoms with E-state index in [0.717, 1.165) is 36.5 Å². The summed E-state index contributed by atoms with van der Waals surface area (Å²) >= 11 is 0. The van der Waals surface area contributed by atoms with Gasteiger partial charge in [-0.05, 0) is 68.1 Å². The van der Waals surface area contributed by atoms with E-state index in [9.17, 15) is 4.39 Å². The highest BCUT2D eigenvalue weighted by atomic mass is 19.1. The average Bonchev–Trinajstić information content (AvgIpc) is 2.33. The summed E-state index contributed by atoms with van der Waals surface area (Å²) < 4.78 is 13.1. The molecule has 0 heterocycles. The summed E-state index contributed by atoms with van der Waals surface area (Å²) in [5.74, 6) is 3.22. The summed E-state index contributed by atoms with van der Waals surface area (Å²) in [7, 11) is 0. The van der Waals surface area contributed by atoms with Crippen LogP contribution in [0.1, 0.15) is 86.5 Å². The van der Waals surface area contributed by atoms with Gasteiger partial charge in [-0.1, -0.05) is 47.5 Å². The summed E-state index contributed by atoms with van der Waals surface area (Å²) in [5, 5.41) is 0. The van der Waals surface area contributed by atoms with E-state index in [0.29, 0.717) is 5.41 Å². The van der Waals surface area contributed by atoms with Crippen molar-refractivity contribution in [3.05, 3.63) is 0 Å². The van der Waals surface area contributed by atoms with E-state index < -0.39 is 6.17 Å². The lowest BCUT2D eigenvalue weighted by Crippen LogP contribution is -2.49. The molecular formula is C19H37F. The Kier molecular flexibility index (Phi) is 7.01. The summed E-state index contributed by atoms with van der Waals surface area (Å²) in [4.78, 5) is 0. The third-order valence-electron chi connectivity index (χ3n) is 6.41. The molecule has 1 fully saturated rings. The smallest absolute Gasteiger partial charge is 0.0973 e. The minimum absolute atomic E-state index is 0.573. The first-order valence-electron chi connectivity index (χ1n) is 9.02. The molecule has 0 spiro atoms. The van der Waals surface area contributed by atoms with E-state index in [4.69, 9.17) is 0 Å². The Labute approximate surface area is 126 Å². The van der Waals surface area contributed by atoms with Crippen LogP contribution in [0.4, 0.5) is 4.39 Å². The molecule has 0 aromatic rings. The van der Waals surface area contributed by atoms with E-state index in [-0.39, 0.29) is 0 Å². The van der Waals surface area contributed by atoms with Crippen LogP contribution < -0.4 is 0 Å². The van der Waals surface area contributed by atoms with Crippen LogP contribution in [0.2, 0.25) is 0 Å². The Balaban J connectivity index is 2.64. The molecule has 5 unspecified atom stereocenters. The molecular weight excluding hydrogens is 247 g/mol. The Bertz CT molecular complexity index is 269. The molecule has 0 amide bonds. The Morgan fingerprint density at radius 1 is 1.10 bits per heavy atom. The van der Waals surface area contributed by atoms with Crippen LogP contribution in [0.25, 0.3) is 0 Å². The molecule has 0 aromatic carbocycles. The molecule has 20 heavy (non-hydrogen) atoms. The van der Waals surface area contributed by atoms with Gasteiger partial charge in [0.05, 0.1) is 6.17 Å². The third-order valence-corrected chi connectivity index (χ3v) is 6.41. The second-order valence-corrected chi connectivity index (χ2v) is 7.68. The monoisotopic (exact) mass is 284 g/mol. The van der Waals surface area contributed by atoms with Crippen molar-refractivity contribution in [2.24, 2.45) is 29.1 Å². The molecule has 0 nitrogen and oxygen atoms in total. The molecule has 0 aromatic heterocycles. The zero-order chi connectivity index (χ0) is 15.3. The lowest BCUT2D eigenvalue weighted by atomic mass is 9.48. The van der Waals surface area contributed by atoms with Crippen molar-refractivity contribution in [2.75, 3.05) is 0 Å². The van der Waals surface area contributed by atoms with Gasteiger partial charge in [-0.2, -0.15) is 0 Å². The van der Waals surface area contributed by atoms with E-state index >= 15 is 0 Å². The van der Waals surface area contributed by atoms with Gasteiger partial charge in [0.15, 0.2) is 0 Å². The first kappa shape index (κ1) is 18.0. The fourth-order valence-corrected chi connectivity index (χ4v) is 4.92. The van der Waals surface area contributed by atoms with Crippen LogP contribution in [-0.2, 0) is 0 Å². The fraction of sp³-hybridized carbons (Fsp3) is 1.00. The lowest BCUT2D eigenvalue weighted by molar-refractivity contribution is -0.0789. The molecule has 5 atom stereocenters. The normalized spacial score (nSPS) is 30.9. The summed E-state index contributed by atoms with van der Waals surface area (Å²) in [5.41, 5.74) is 0.573. The highest BCUT2D eigenvalue weighted by Crippen LogP contribution is 2.59. The van der Waals surface area contributed by atoms with E-state index in [1.807, 2.05) is 0 Å². The maximum absolute atomic E-state index is 13.1. The molecule has 0 N–H and O–H groups in total. The maximum atomic E-state index is 13.1. The van der Waals surface area contributed by atoms with Crippen LogP contribution in [-0.4, -0.2) is 6.17 Å². The van der Waals surface area contributed by atoms with Crippen LogP contribution in [0.15, 0.2) is 0 Å². The molecule has 0 aliphatic heterocycles. The topological polar surface area (TPSA) is 0 Å². The zero-order valence-corrected chi connectivity index (χ0v) is 14.7. The van der Waals surface area contributed by atoms with Gasteiger partial charge in [-0.3, -0.25) is 0 Å². The van der Waals surface area contributed by atoms with Gasteiger partial charge in [0.25, 0.3) is 0 Å². The second kappa shape index (κ2) is 7.80. The van der Waals surface area contributed by atoms with Gasteiger partial charge in [0.1, 0.15) is 0 Å². The van der Waals surface area contributed by atoms with Crippen LogP contribution >= 0.6 is 0 Å². The third kappa shape index (κ3) is 3.77. The van der Waals surface area contributed by atoms with Crippen molar-refractivity contribution in [3.8, 4) is 0 Å². The van der Waals surface area contributed by atoms with Gasteiger partial charge < -0.3 is 0 Å². The SMILES string of the molecule is CCC(CCC(C)F)CC(C)C1(C(C)C)CCC1CC. The van der Waals surface area contributed by atoms with Crippen molar-refractivity contribution < 1.29 is 4.39 Å². The molecule has 1 aliphatic rings. The number of alkyl halides is 1. The van der Waals surface area contributed by atoms with Crippen molar-refractivity contribution >= 4 is 0 Å². The number of hydrogen-bond donors (Lipinski definition) is 0. The zero-order valence-electron chi connectivity index (χ0n) is 14.7. The predicted molar refractivity (Wildman–Crippen MR) is 87.7 cm³/mol. The van der Waals surface area contributed by atoms with Crippen molar-refractivity contribution in [1.29, 1.82) is 0 Å². The molecule has 1 aliphatic carbocycles. The van der Waals surface area contributed by atoms with Gasteiger partial charge in [0, 0.05) is 0 Å². The van der Waals surface area contributed by atoms with Gasteiger partial charge in [-0.25, -0.2) is 4.39 Å². The number of hydrogen-bond acceptors (Lipinski definition) is 0. The molecule has 1 rings (SSSR count). The minimum atomic E-state index is -0.634. The van der Waals surface area contributed by atoms with Gasteiger partial charge in [-0.15, -0.1) is 0 Å². The Hall–Kier alpha value is -0.0700. The summed E-state index contributed by atoms with van der Waals surface area (Å²) in [6, 6.07) is 0. The average molecular weight is 285 g/mol. The summed E-state index contributed by atoms with van der Waals surface area (Å²) in [6.07, 6.45) is 7.88. The standard InChI is InChI=1S/C19H37F/c1-7-17(10-9-16(6)20)13-15(5)19(14(3)4)12-11-18(19)8-2/h14-18H,7-13H2,1-6H3. The molecule has 1 saturated carbocycles. The van der Waals surface area contributed by atoms with Gasteiger partial charge >= 0.3 is 0 Å². The van der Waals surface area contributed by atoms with Crippen LogP contribution in [0, 0.1) is 29.1 Å². The molecule has 120 valence electrons. The minimum Gasteiger partial charge on any atom is -0.248 e. The molecule has 0 radical (unpaired) electrons. The Morgan fingerprint density at radius 3 is 2.10 bits per heavy atom. The molecule has 0 saturated heterocycles. The number of rotatable bonds is 9. The number of halogens is 1. The van der Waals surface area contributed by atoms with Crippen molar-refractivity contribution in [1.82, 2.24) is 0 Å². The first-order valence-corrected chi connectivity index (χ1v) is 9.02. The van der Waals surface area contributed by atoms with Crippen LogP contribution in [0.5, 0.6) is 0 Å². The maximum Gasteiger partial charge on any atom is 0.0973 e.